The van der Waals surface area contributed by atoms with E-state index in [0.717, 1.165) is 27.1 Å². The first kappa shape index (κ1) is 26.9. The third-order valence-electron chi connectivity index (χ3n) is 6.68. The van der Waals surface area contributed by atoms with Crippen molar-refractivity contribution in [3.05, 3.63) is 107 Å². The number of carbonyl (C=O) groups excluding carboxylic acids is 1. The van der Waals surface area contributed by atoms with E-state index in [1.165, 1.54) is 10.8 Å². The molecule has 0 aliphatic carbocycles. The Morgan fingerprint density at radius 2 is 1.64 bits per heavy atom. The van der Waals surface area contributed by atoms with Gasteiger partial charge in [0.15, 0.2) is 0 Å². The van der Waals surface area contributed by atoms with Crippen molar-refractivity contribution in [2.75, 3.05) is 5.32 Å². The van der Waals surface area contributed by atoms with Crippen LogP contribution in [0.1, 0.15) is 42.4 Å². The number of thioether (sulfide) groups is 1. The molecule has 1 aromatic heterocycles. The first-order chi connectivity index (χ1) is 18.6. The minimum absolute atomic E-state index is 0.0667. The number of carboxylic acid groups (broad SMARTS) is 1. The van der Waals surface area contributed by atoms with Crippen LogP contribution in [-0.2, 0) is 17.1 Å². The number of amides is 1. The van der Waals surface area contributed by atoms with Gasteiger partial charge in [0.05, 0.1) is 16.1 Å². The molecule has 198 valence electrons. The second-order valence-corrected chi connectivity index (χ2v) is 12.0. The van der Waals surface area contributed by atoms with Gasteiger partial charge in [0, 0.05) is 39.4 Å². The number of nitrogens with one attached hydrogen (secondary N) is 1. The van der Waals surface area contributed by atoms with Crippen molar-refractivity contribution in [1.82, 2.24) is 4.57 Å². The highest BCUT2D eigenvalue weighted by atomic mass is 35.5. The molecule has 0 saturated carbocycles. The molecular formula is C32H29ClN2O3S. The lowest BCUT2D eigenvalue weighted by Crippen LogP contribution is -2.27. The van der Waals surface area contributed by atoms with Crippen LogP contribution < -0.4 is 5.32 Å². The Morgan fingerprint density at radius 3 is 2.33 bits per heavy atom. The van der Waals surface area contributed by atoms with E-state index in [1.54, 1.807) is 23.9 Å². The molecule has 0 fully saturated rings. The fourth-order valence-electron chi connectivity index (χ4n) is 4.43. The molecule has 0 radical (unpaired) electrons. The zero-order chi connectivity index (χ0) is 27.7. The van der Waals surface area contributed by atoms with Crippen LogP contribution in [0.4, 0.5) is 5.69 Å². The summed E-state index contributed by atoms with van der Waals surface area (Å²) in [5.41, 5.74) is 3.31. The number of halogens is 1. The summed E-state index contributed by atoms with van der Waals surface area (Å²) in [5.74, 6) is -0.376. The Hall–Kier alpha value is -3.74. The predicted octanol–water partition coefficient (Wildman–Crippen LogP) is 8.47. The van der Waals surface area contributed by atoms with E-state index in [1.807, 2.05) is 63.2 Å². The normalized spacial score (nSPS) is 11.7. The van der Waals surface area contributed by atoms with Gasteiger partial charge in [0.25, 0.3) is 0 Å². The summed E-state index contributed by atoms with van der Waals surface area (Å²) in [6, 6.07) is 27.4. The van der Waals surface area contributed by atoms with E-state index >= 15 is 0 Å². The monoisotopic (exact) mass is 556 g/mol. The summed E-state index contributed by atoms with van der Waals surface area (Å²) in [5, 5.41) is 16.2. The zero-order valence-electron chi connectivity index (χ0n) is 22.0. The third kappa shape index (κ3) is 5.82. The van der Waals surface area contributed by atoms with Gasteiger partial charge in [-0.15, -0.1) is 11.8 Å². The van der Waals surface area contributed by atoms with Gasteiger partial charge in [-0.25, -0.2) is 4.79 Å². The number of aromatic nitrogens is 1. The van der Waals surface area contributed by atoms with Crippen molar-refractivity contribution in [2.24, 2.45) is 5.41 Å². The third-order valence-corrected chi connectivity index (χ3v) is 8.11. The van der Waals surface area contributed by atoms with E-state index in [0.29, 0.717) is 23.0 Å². The van der Waals surface area contributed by atoms with E-state index in [4.69, 9.17) is 11.6 Å². The molecule has 1 amide bonds. The van der Waals surface area contributed by atoms with Crippen LogP contribution in [0.25, 0.3) is 21.7 Å². The number of carbonyl (C=O) groups is 2. The quantitative estimate of drug-likeness (QED) is 0.197. The van der Waals surface area contributed by atoms with Gasteiger partial charge < -0.3 is 15.0 Å². The zero-order valence-corrected chi connectivity index (χ0v) is 23.6. The molecule has 0 spiro atoms. The van der Waals surface area contributed by atoms with E-state index in [-0.39, 0.29) is 11.5 Å². The molecule has 0 aliphatic heterocycles. The summed E-state index contributed by atoms with van der Waals surface area (Å²) in [7, 11) is 0. The highest BCUT2D eigenvalue weighted by molar-refractivity contribution is 7.98. The summed E-state index contributed by atoms with van der Waals surface area (Å²) in [6.45, 7) is 6.16. The molecule has 0 aliphatic rings. The Labute approximate surface area is 236 Å². The van der Waals surface area contributed by atoms with Crippen molar-refractivity contribution >= 4 is 62.6 Å². The fourth-order valence-corrected chi connectivity index (χ4v) is 5.81. The Balaban J connectivity index is 1.52. The number of anilines is 1. The van der Waals surface area contributed by atoms with Crippen LogP contribution in [0.2, 0.25) is 5.02 Å². The molecule has 39 heavy (non-hydrogen) atoms. The van der Waals surface area contributed by atoms with E-state index in [2.05, 4.69) is 40.2 Å². The van der Waals surface area contributed by atoms with Gasteiger partial charge in [-0.3, -0.25) is 4.79 Å². The Kier molecular flexibility index (Phi) is 7.43. The van der Waals surface area contributed by atoms with Crippen LogP contribution in [0.3, 0.4) is 0 Å². The summed E-state index contributed by atoms with van der Waals surface area (Å²) in [4.78, 5) is 25.1. The maximum Gasteiger partial charge on any atom is 0.335 e. The summed E-state index contributed by atoms with van der Waals surface area (Å²) in [6.07, 6.45) is 0. The number of nitrogens with zero attached hydrogens (tertiary/aromatic N) is 1. The van der Waals surface area contributed by atoms with Crippen molar-refractivity contribution < 1.29 is 14.7 Å². The van der Waals surface area contributed by atoms with Crippen molar-refractivity contribution in [3.63, 3.8) is 0 Å². The van der Waals surface area contributed by atoms with E-state index in [9.17, 15) is 14.7 Å². The van der Waals surface area contributed by atoms with Crippen LogP contribution in [0, 0.1) is 5.41 Å². The number of fused-ring (bicyclic) bond motifs is 2. The second-order valence-electron chi connectivity index (χ2n) is 10.6. The molecular weight excluding hydrogens is 528 g/mol. The molecule has 4 aromatic carbocycles. The predicted molar refractivity (Wildman–Crippen MR) is 161 cm³/mol. The van der Waals surface area contributed by atoms with Gasteiger partial charge in [-0.2, -0.15) is 0 Å². The van der Waals surface area contributed by atoms with Crippen LogP contribution in [0.15, 0.2) is 89.8 Å². The average Bonchev–Trinajstić information content (AvgIpc) is 3.17. The van der Waals surface area contributed by atoms with Gasteiger partial charge in [-0.05, 0) is 58.8 Å². The fraction of sp³-hybridized carbons (Fsp3) is 0.188. The SMILES string of the molecule is CC(C)(C)C(=O)Nc1ccc2c(c1)c(Cl)c(CSc1ccc3ccccc3c1)n2Cc1ccc(C(=O)O)cc1. The van der Waals surface area contributed by atoms with Gasteiger partial charge in [0.1, 0.15) is 0 Å². The molecule has 1 heterocycles. The molecule has 5 rings (SSSR count). The maximum absolute atomic E-state index is 12.6. The number of rotatable bonds is 7. The largest absolute Gasteiger partial charge is 0.478 e. The lowest BCUT2D eigenvalue weighted by Gasteiger charge is -2.17. The number of carboxylic acids is 1. The number of benzene rings is 4. The van der Waals surface area contributed by atoms with Crippen molar-refractivity contribution in [2.45, 2.75) is 38.0 Å². The highest BCUT2D eigenvalue weighted by Gasteiger charge is 2.22. The molecule has 7 heteroatoms. The topological polar surface area (TPSA) is 71.3 Å². The first-order valence-corrected chi connectivity index (χ1v) is 14.0. The van der Waals surface area contributed by atoms with Crippen molar-refractivity contribution in [1.29, 1.82) is 0 Å². The van der Waals surface area contributed by atoms with Crippen LogP contribution in [0.5, 0.6) is 0 Å². The Morgan fingerprint density at radius 1 is 0.923 bits per heavy atom. The lowest BCUT2D eigenvalue weighted by molar-refractivity contribution is -0.123. The minimum atomic E-state index is -0.951. The molecule has 5 nitrogen and oxygen atoms in total. The molecule has 0 unspecified atom stereocenters. The molecule has 0 atom stereocenters. The van der Waals surface area contributed by atoms with Gasteiger partial charge in [-0.1, -0.05) is 74.8 Å². The first-order valence-electron chi connectivity index (χ1n) is 12.7. The lowest BCUT2D eigenvalue weighted by atomic mass is 9.95. The molecule has 5 aromatic rings. The maximum atomic E-state index is 12.6. The standard InChI is InChI=1S/C32H29ClN2O3S/c1-32(2,3)31(38)34-24-13-15-27-26(17-24)29(33)28(35(27)18-20-8-10-22(11-9-20)30(36)37)19-39-25-14-12-21-6-4-5-7-23(21)16-25/h4-17H,18-19H2,1-3H3,(H,34,38)(H,36,37). The average molecular weight is 557 g/mol. The summed E-state index contributed by atoms with van der Waals surface area (Å²) >= 11 is 8.74. The van der Waals surface area contributed by atoms with Gasteiger partial charge in [0.2, 0.25) is 5.91 Å². The second kappa shape index (κ2) is 10.8. The molecule has 2 N–H and O–H groups in total. The van der Waals surface area contributed by atoms with Crippen LogP contribution >= 0.6 is 23.4 Å². The molecule has 0 saturated heterocycles. The minimum Gasteiger partial charge on any atom is -0.478 e. The van der Waals surface area contributed by atoms with Crippen molar-refractivity contribution in [3.8, 4) is 0 Å². The number of aromatic carboxylic acids is 1. The highest BCUT2D eigenvalue weighted by Crippen LogP contribution is 2.37. The molecule has 0 bridgehead atoms. The smallest absolute Gasteiger partial charge is 0.335 e. The Bertz CT molecular complexity index is 1700. The summed E-state index contributed by atoms with van der Waals surface area (Å²) < 4.78 is 2.18. The number of hydrogen-bond acceptors (Lipinski definition) is 3. The van der Waals surface area contributed by atoms with E-state index < -0.39 is 11.4 Å². The number of hydrogen-bond donors (Lipinski definition) is 2. The van der Waals surface area contributed by atoms with Crippen LogP contribution in [-0.4, -0.2) is 21.6 Å². The van der Waals surface area contributed by atoms with Gasteiger partial charge >= 0.3 is 5.97 Å².